The first-order chi connectivity index (χ1) is 17.2. The van der Waals surface area contributed by atoms with Crippen molar-refractivity contribution in [2.45, 2.75) is 44.9 Å². The predicted octanol–water partition coefficient (Wildman–Crippen LogP) is 4.03. The summed E-state index contributed by atoms with van der Waals surface area (Å²) in [6, 6.07) is 5.04. The average Bonchev–Trinajstić information content (AvgIpc) is 3.16. The number of hydrogen-bond acceptors (Lipinski definition) is 7. The molecule has 0 amide bonds. The van der Waals surface area contributed by atoms with Crippen LogP contribution < -0.4 is 10.2 Å². The summed E-state index contributed by atoms with van der Waals surface area (Å²) in [5.74, 6) is -0.270. The van der Waals surface area contributed by atoms with E-state index in [4.69, 9.17) is 4.74 Å². The number of anilines is 2. The van der Waals surface area contributed by atoms with Crippen LogP contribution in [0.3, 0.4) is 0 Å². The molecule has 1 saturated heterocycles. The van der Waals surface area contributed by atoms with Crippen molar-refractivity contribution >= 4 is 28.9 Å². The summed E-state index contributed by atoms with van der Waals surface area (Å²) in [5.41, 5.74) is 0.657. The molecule has 5 rings (SSSR count). The van der Waals surface area contributed by atoms with E-state index in [0.717, 1.165) is 31.4 Å². The van der Waals surface area contributed by atoms with Gasteiger partial charge in [0.15, 0.2) is 11.5 Å². The van der Waals surface area contributed by atoms with Crippen molar-refractivity contribution in [3.63, 3.8) is 0 Å². The largest absolute Gasteiger partial charge is 0.475 e. The van der Waals surface area contributed by atoms with E-state index in [1.165, 1.54) is 12.1 Å². The molecule has 1 atom stereocenters. The molecule has 0 spiro atoms. The average molecular weight is 505 g/mol. The summed E-state index contributed by atoms with van der Waals surface area (Å²) >= 11 is 0. The Morgan fingerprint density at radius 1 is 1.17 bits per heavy atom. The molecular formula is C24H27F3N6O3. The number of carboxylic acid groups (broad SMARTS) is 1. The van der Waals surface area contributed by atoms with Crippen LogP contribution in [-0.4, -0.2) is 62.9 Å². The molecule has 1 unspecified atom stereocenters. The lowest BCUT2D eigenvalue weighted by atomic mass is 9.80. The van der Waals surface area contributed by atoms with Crippen molar-refractivity contribution < 1.29 is 27.8 Å². The van der Waals surface area contributed by atoms with Crippen LogP contribution in [-0.2, 0) is 17.5 Å². The lowest BCUT2D eigenvalue weighted by Crippen LogP contribution is -2.38. The normalized spacial score (nSPS) is 17.7. The van der Waals surface area contributed by atoms with E-state index in [9.17, 15) is 23.1 Å². The highest BCUT2D eigenvalue weighted by Gasteiger charge is 2.31. The van der Waals surface area contributed by atoms with Gasteiger partial charge in [-0.15, -0.1) is 0 Å². The number of morpholine rings is 1. The van der Waals surface area contributed by atoms with Gasteiger partial charge in [0, 0.05) is 19.1 Å². The molecule has 3 heterocycles. The molecule has 12 heteroatoms. The van der Waals surface area contributed by atoms with Crippen LogP contribution in [0.4, 0.5) is 24.9 Å². The van der Waals surface area contributed by atoms with Crippen molar-refractivity contribution in [2.24, 2.45) is 5.92 Å². The molecule has 9 nitrogen and oxygen atoms in total. The van der Waals surface area contributed by atoms with E-state index in [1.54, 1.807) is 0 Å². The number of ether oxygens (including phenoxy) is 1. The number of aromatic nitrogens is 4. The highest BCUT2D eigenvalue weighted by atomic mass is 19.4. The third kappa shape index (κ3) is 4.81. The highest BCUT2D eigenvalue weighted by Crippen LogP contribution is 2.34. The fourth-order valence-corrected chi connectivity index (χ4v) is 4.63. The maximum atomic E-state index is 13.1. The minimum absolute atomic E-state index is 0.0553. The highest BCUT2D eigenvalue weighted by molar-refractivity contribution is 5.91. The van der Waals surface area contributed by atoms with Gasteiger partial charge < -0.3 is 24.6 Å². The Morgan fingerprint density at radius 3 is 2.44 bits per heavy atom. The molecule has 192 valence electrons. The van der Waals surface area contributed by atoms with Gasteiger partial charge in [0.1, 0.15) is 5.52 Å². The molecule has 1 aliphatic heterocycles. The van der Waals surface area contributed by atoms with Crippen LogP contribution in [0.25, 0.3) is 11.2 Å². The van der Waals surface area contributed by atoms with Crippen LogP contribution >= 0.6 is 0 Å². The second kappa shape index (κ2) is 9.57. The summed E-state index contributed by atoms with van der Waals surface area (Å²) in [6.45, 7) is 4.38. The summed E-state index contributed by atoms with van der Waals surface area (Å²) in [5, 5.41) is 13.0. The van der Waals surface area contributed by atoms with Gasteiger partial charge in [0.25, 0.3) is 0 Å². The molecule has 0 bridgehead atoms. The van der Waals surface area contributed by atoms with Gasteiger partial charge in [-0.2, -0.15) is 18.2 Å². The quantitative estimate of drug-likeness (QED) is 0.497. The number of nitrogens with one attached hydrogen (secondary N) is 1. The Balaban J connectivity index is 1.61. The van der Waals surface area contributed by atoms with Crippen molar-refractivity contribution in [2.75, 3.05) is 36.5 Å². The lowest BCUT2D eigenvalue weighted by molar-refractivity contribution is -0.137. The van der Waals surface area contributed by atoms with Crippen molar-refractivity contribution in [1.82, 2.24) is 19.5 Å². The smallest absolute Gasteiger partial charge is 0.416 e. The zero-order valence-corrected chi connectivity index (χ0v) is 19.8. The second-order valence-electron chi connectivity index (χ2n) is 9.29. The van der Waals surface area contributed by atoms with Crippen molar-refractivity contribution in [1.29, 1.82) is 0 Å². The third-order valence-electron chi connectivity index (χ3n) is 6.91. The number of halogens is 3. The Labute approximate surface area is 205 Å². The topological polar surface area (TPSA) is 105 Å². The first kappa shape index (κ1) is 24.3. The molecule has 2 aliphatic rings. The molecular weight excluding hydrogens is 477 g/mol. The van der Waals surface area contributed by atoms with E-state index >= 15 is 0 Å². The Hall–Kier alpha value is -3.41. The maximum Gasteiger partial charge on any atom is 0.416 e. The number of imidazole rings is 1. The molecule has 2 fully saturated rings. The molecule has 1 aromatic carbocycles. The van der Waals surface area contributed by atoms with Crippen molar-refractivity contribution in [3.8, 4) is 0 Å². The zero-order chi connectivity index (χ0) is 25.4. The van der Waals surface area contributed by atoms with Gasteiger partial charge >= 0.3 is 12.1 Å². The molecule has 3 aromatic rings. The van der Waals surface area contributed by atoms with Gasteiger partial charge in [-0.25, -0.2) is 14.8 Å². The van der Waals surface area contributed by atoms with E-state index in [1.807, 2.05) is 16.4 Å². The van der Waals surface area contributed by atoms with Gasteiger partial charge in [-0.3, -0.25) is 0 Å². The van der Waals surface area contributed by atoms with Crippen LogP contribution in [0.2, 0.25) is 0 Å². The van der Waals surface area contributed by atoms with Crippen LogP contribution in [0, 0.1) is 5.92 Å². The van der Waals surface area contributed by atoms with E-state index in [-0.39, 0.29) is 24.1 Å². The Morgan fingerprint density at radius 2 is 1.86 bits per heavy atom. The Kier molecular flexibility index (Phi) is 6.45. The van der Waals surface area contributed by atoms with E-state index < -0.39 is 17.7 Å². The fraction of sp³-hybridized carbons (Fsp3) is 0.500. The number of rotatable bonds is 7. The SMILES string of the molecule is CC(Nc1nc(C(=O)O)nc2nc(N3CCOCC3)n(Cc3ccc(C(F)(F)F)cc3)c12)C1CCC1. The number of carbonyl (C=O) groups is 1. The number of carboxylic acids is 1. The van der Waals surface area contributed by atoms with E-state index in [0.29, 0.717) is 55.1 Å². The van der Waals surface area contributed by atoms with Crippen LogP contribution in [0.5, 0.6) is 0 Å². The minimum Gasteiger partial charge on any atom is -0.475 e. The molecule has 2 N–H and O–H groups in total. The van der Waals surface area contributed by atoms with E-state index in [2.05, 4.69) is 20.3 Å². The standard InChI is InChI=1S/C24H27F3N6O3/c1-14(16-3-2-4-16)28-19-18-20(30-21(29-19)22(34)35)31-23(32-9-11-36-12-10-32)33(18)13-15-5-7-17(8-6-15)24(25,26)27/h5-8,14,16H,2-4,9-13H2,1H3,(H,34,35)(H,28,29,30). The number of hydrogen-bond donors (Lipinski definition) is 2. The Bertz CT molecular complexity index is 1250. The third-order valence-corrected chi connectivity index (χ3v) is 6.91. The molecule has 36 heavy (non-hydrogen) atoms. The minimum atomic E-state index is -4.42. The molecule has 1 aliphatic carbocycles. The number of nitrogens with zero attached hydrogens (tertiary/aromatic N) is 5. The summed E-state index contributed by atoms with van der Waals surface area (Å²) in [7, 11) is 0. The maximum absolute atomic E-state index is 13.1. The van der Waals surface area contributed by atoms with Gasteiger partial charge in [0.2, 0.25) is 11.8 Å². The second-order valence-corrected chi connectivity index (χ2v) is 9.29. The zero-order valence-electron chi connectivity index (χ0n) is 19.8. The van der Waals surface area contributed by atoms with Crippen LogP contribution in [0.15, 0.2) is 24.3 Å². The van der Waals surface area contributed by atoms with Gasteiger partial charge in [-0.05, 0) is 43.4 Å². The van der Waals surface area contributed by atoms with Gasteiger partial charge in [-0.1, -0.05) is 18.6 Å². The van der Waals surface area contributed by atoms with Crippen molar-refractivity contribution in [3.05, 3.63) is 41.2 Å². The predicted molar refractivity (Wildman–Crippen MR) is 126 cm³/mol. The number of benzene rings is 1. The molecule has 1 saturated carbocycles. The summed E-state index contributed by atoms with van der Waals surface area (Å²) in [4.78, 5) is 27.0. The monoisotopic (exact) mass is 504 g/mol. The number of aromatic carboxylic acids is 1. The molecule has 2 aromatic heterocycles. The van der Waals surface area contributed by atoms with Gasteiger partial charge in [0.05, 0.1) is 25.3 Å². The fourth-order valence-electron chi connectivity index (χ4n) is 4.63. The van der Waals surface area contributed by atoms with Crippen LogP contribution in [0.1, 0.15) is 47.9 Å². The number of alkyl halides is 3. The summed E-state index contributed by atoms with van der Waals surface area (Å²) < 4.78 is 46.6. The first-order valence-electron chi connectivity index (χ1n) is 12.0. The summed E-state index contributed by atoms with van der Waals surface area (Å²) in [6.07, 6.45) is -1.10. The number of fused-ring (bicyclic) bond motifs is 1. The lowest BCUT2D eigenvalue weighted by Gasteiger charge is -2.32. The molecule has 0 radical (unpaired) electrons. The first-order valence-corrected chi connectivity index (χ1v) is 12.0.